The summed E-state index contributed by atoms with van der Waals surface area (Å²) in [7, 11) is 1.88. The van der Waals surface area contributed by atoms with Crippen molar-refractivity contribution in [2.75, 3.05) is 0 Å². The molecule has 4 nitrogen and oxygen atoms in total. The van der Waals surface area contributed by atoms with Gasteiger partial charge in [0.15, 0.2) is 0 Å². The molecule has 0 amide bonds. The molecule has 0 aliphatic rings. The number of aromatic nitrogens is 3. The third kappa shape index (κ3) is 1.95. The molecule has 1 aromatic heterocycles. The van der Waals surface area contributed by atoms with Gasteiger partial charge in [0.1, 0.15) is 0 Å². The van der Waals surface area contributed by atoms with Crippen LogP contribution < -0.4 is 5.73 Å². The number of rotatable bonds is 1. The summed E-state index contributed by atoms with van der Waals surface area (Å²) in [5, 5.41) is 8.22. The van der Waals surface area contributed by atoms with E-state index in [1.54, 1.807) is 4.68 Å². The maximum absolute atomic E-state index is 6.10. The summed E-state index contributed by atoms with van der Waals surface area (Å²) in [6.07, 6.45) is 0. The third-order valence-electron chi connectivity index (χ3n) is 2.15. The van der Waals surface area contributed by atoms with Crippen LogP contribution in [0.2, 0.25) is 0 Å². The van der Waals surface area contributed by atoms with Gasteiger partial charge in [-0.25, -0.2) is 0 Å². The van der Waals surface area contributed by atoms with Crippen molar-refractivity contribution in [3.63, 3.8) is 0 Å². The highest BCUT2D eigenvalue weighted by Crippen LogP contribution is 2.28. The number of hydrogen-bond acceptors (Lipinski definition) is 3. The van der Waals surface area contributed by atoms with Crippen molar-refractivity contribution in [3.05, 3.63) is 11.4 Å². The molecule has 0 aliphatic heterocycles. The molecular formula is C10H20N4. The van der Waals surface area contributed by atoms with Crippen molar-refractivity contribution in [1.82, 2.24) is 15.0 Å². The summed E-state index contributed by atoms with van der Waals surface area (Å²) in [5.41, 5.74) is 7.67. The zero-order valence-corrected chi connectivity index (χ0v) is 9.92. The van der Waals surface area contributed by atoms with Crippen molar-refractivity contribution < 1.29 is 0 Å². The summed E-state index contributed by atoms with van der Waals surface area (Å²) >= 11 is 0. The van der Waals surface area contributed by atoms with Crippen LogP contribution in [0.3, 0.4) is 0 Å². The lowest BCUT2D eigenvalue weighted by Crippen LogP contribution is -2.34. The molecule has 14 heavy (non-hydrogen) atoms. The Morgan fingerprint density at radius 2 is 1.64 bits per heavy atom. The quantitative estimate of drug-likeness (QED) is 0.736. The van der Waals surface area contributed by atoms with Crippen molar-refractivity contribution in [3.8, 4) is 0 Å². The first kappa shape index (κ1) is 11.2. The molecule has 4 heteroatoms. The highest BCUT2D eigenvalue weighted by atomic mass is 15.4. The lowest BCUT2D eigenvalue weighted by atomic mass is 9.86. The Kier molecular flexibility index (Phi) is 2.44. The zero-order chi connectivity index (χ0) is 11.1. The second-order valence-corrected chi connectivity index (χ2v) is 5.38. The van der Waals surface area contributed by atoms with Crippen molar-refractivity contribution in [1.29, 1.82) is 0 Å². The van der Waals surface area contributed by atoms with Crippen molar-refractivity contribution >= 4 is 0 Å². The van der Waals surface area contributed by atoms with E-state index in [4.69, 9.17) is 5.73 Å². The second kappa shape index (κ2) is 3.05. The van der Waals surface area contributed by atoms with E-state index in [1.165, 1.54) is 0 Å². The molecule has 0 radical (unpaired) electrons. The molecule has 0 spiro atoms. The van der Waals surface area contributed by atoms with Gasteiger partial charge in [-0.2, -0.15) is 0 Å². The summed E-state index contributed by atoms with van der Waals surface area (Å²) in [4.78, 5) is 0. The minimum Gasteiger partial charge on any atom is -0.321 e. The predicted octanol–water partition coefficient (Wildman–Crippen LogP) is 1.31. The van der Waals surface area contributed by atoms with Gasteiger partial charge in [0.2, 0.25) is 0 Å². The van der Waals surface area contributed by atoms with Gasteiger partial charge in [-0.15, -0.1) is 5.10 Å². The van der Waals surface area contributed by atoms with E-state index in [-0.39, 0.29) is 5.41 Å². The summed E-state index contributed by atoms with van der Waals surface area (Å²) in [6.45, 7) is 10.3. The molecule has 0 unspecified atom stereocenters. The molecular weight excluding hydrogens is 176 g/mol. The van der Waals surface area contributed by atoms with Gasteiger partial charge in [-0.05, 0) is 13.8 Å². The van der Waals surface area contributed by atoms with Gasteiger partial charge < -0.3 is 5.73 Å². The van der Waals surface area contributed by atoms with E-state index in [0.29, 0.717) is 0 Å². The van der Waals surface area contributed by atoms with Gasteiger partial charge >= 0.3 is 0 Å². The first-order valence-electron chi connectivity index (χ1n) is 4.83. The Balaban J connectivity index is 3.35. The first-order chi connectivity index (χ1) is 6.14. The number of nitrogens with two attached hydrogens (primary N) is 1. The van der Waals surface area contributed by atoms with E-state index in [2.05, 4.69) is 31.1 Å². The van der Waals surface area contributed by atoms with Crippen LogP contribution in [0, 0.1) is 0 Å². The topological polar surface area (TPSA) is 56.7 Å². The zero-order valence-electron chi connectivity index (χ0n) is 9.92. The average Bonchev–Trinajstić information content (AvgIpc) is 2.27. The van der Waals surface area contributed by atoms with Gasteiger partial charge in [-0.3, -0.25) is 4.68 Å². The molecule has 2 N–H and O–H groups in total. The molecule has 0 aromatic carbocycles. The largest absolute Gasteiger partial charge is 0.321 e. The van der Waals surface area contributed by atoms with E-state index in [9.17, 15) is 0 Å². The van der Waals surface area contributed by atoms with E-state index < -0.39 is 5.54 Å². The fourth-order valence-electron chi connectivity index (χ4n) is 1.58. The van der Waals surface area contributed by atoms with Crippen LogP contribution in [0.25, 0.3) is 0 Å². The van der Waals surface area contributed by atoms with Crippen LogP contribution in [-0.2, 0) is 18.0 Å². The molecule has 0 fully saturated rings. The molecule has 0 atom stereocenters. The molecule has 0 bridgehead atoms. The number of aryl methyl sites for hydroxylation is 1. The highest BCUT2D eigenvalue weighted by molar-refractivity contribution is 5.24. The van der Waals surface area contributed by atoms with Gasteiger partial charge in [0.05, 0.1) is 16.9 Å². The predicted molar refractivity (Wildman–Crippen MR) is 56.9 cm³/mol. The van der Waals surface area contributed by atoms with Crippen molar-refractivity contribution in [2.24, 2.45) is 12.8 Å². The molecule has 0 saturated carbocycles. The van der Waals surface area contributed by atoms with Crippen LogP contribution in [0.4, 0.5) is 0 Å². The minimum absolute atomic E-state index is 0.0137. The third-order valence-corrected chi connectivity index (χ3v) is 2.15. The SMILES string of the molecule is Cn1nnc(C(C)(C)C)c1C(C)(C)N. The Hall–Kier alpha value is -0.900. The minimum atomic E-state index is -0.402. The van der Waals surface area contributed by atoms with Crippen molar-refractivity contribution in [2.45, 2.75) is 45.6 Å². The fourth-order valence-corrected chi connectivity index (χ4v) is 1.58. The van der Waals surface area contributed by atoms with Crippen LogP contribution >= 0.6 is 0 Å². The molecule has 1 heterocycles. The fraction of sp³-hybridized carbons (Fsp3) is 0.800. The average molecular weight is 196 g/mol. The van der Waals surface area contributed by atoms with E-state index in [0.717, 1.165) is 11.4 Å². The maximum atomic E-state index is 6.10. The lowest BCUT2D eigenvalue weighted by molar-refractivity contribution is 0.471. The van der Waals surface area contributed by atoms with Gasteiger partial charge in [-0.1, -0.05) is 26.0 Å². The van der Waals surface area contributed by atoms with Crippen LogP contribution in [-0.4, -0.2) is 15.0 Å². The smallest absolute Gasteiger partial charge is 0.0931 e. The molecule has 0 saturated heterocycles. The lowest BCUT2D eigenvalue weighted by Gasteiger charge is -2.25. The second-order valence-electron chi connectivity index (χ2n) is 5.38. The van der Waals surface area contributed by atoms with Gasteiger partial charge in [0, 0.05) is 12.5 Å². The Morgan fingerprint density at radius 1 is 1.14 bits per heavy atom. The number of nitrogens with zero attached hydrogens (tertiary/aromatic N) is 3. The molecule has 0 aliphatic carbocycles. The standard InChI is InChI=1S/C10H20N4/c1-9(2,3)7-8(10(4,5)11)14(6)13-12-7/h11H2,1-6H3. The summed E-state index contributed by atoms with van der Waals surface area (Å²) < 4.78 is 1.76. The Labute approximate surface area is 85.5 Å². The van der Waals surface area contributed by atoms with Gasteiger partial charge in [0.25, 0.3) is 0 Å². The normalized spacial score (nSPS) is 13.4. The number of hydrogen-bond donors (Lipinski definition) is 1. The first-order valence-corrected chi connectivity index (χ1v) is 4.83. The molecule has 80 valence electrons. The van der Waals surface area contributed by atoms with Crippen LogP contribution in [0.15, 0.2) is 0 Å². The molecule has 1 aromatic rings. The highest BCUT2D eigenvalue weighted by Gasteiger charge is 2.30. The van der Waals surface area contributed by atoms with E-state index in [1.807, 2.05) is 20.9 Å². The van der Waals surface area contributed by atoms with Crippen LogP contribution in [0.5, 0.6) is 0 Å². The van der Waals surface area contributed by atoms with Crippen LogP contribution in [0.1, 0.15) is 46.0 Å². The Bertz CT molecular complexity index is 325. The monoisotopic (exact) mass is 196 g/mol. The molecule has 1 rings (SSSR count). The summed E-state index contributed by atoms with van der Waals surface area (Å²) in [6, 6.07) is 0. The Morgan fingerprint density at radius 3 is 1.93 bits per heavy atom. The van der Waals surface area contributed by atoms with E-state index >= 15 is 0 Å². The summed E-state index contributed by atoms with van der Waals surface area (Å²) in [5.74, 6) is 0. The maximum Gasteiger partial charge on any atom is 0.0931 e.